The summed E-state index contributed by atoms with van der Waals surface area (Å²) >= 11 is 3.58. The van der Waals surface area contributed by atoms with E-state index in [2.05, 4.69) is 37.6 Å². The Morgan fingerprint density at radius 2 is 2.25 bits per heavy atom. The fourth-order valence-corrected chi connectivity index (χ4v) is 2.51. The van der Waals surface area contributed by atoms with E-state index in [0.717, 1.165) is 21.7 Å². The zero-order valence-corrected chi connectivity index (χ0v) is 10.7. The molecule has 3 nitrogen and oxygen atoms in total. The van der Waals surface area contributed by atoms with Crippen molar-refractivity contribution in [2.45, 2.75) is 31.7 Å². The van der Waals surface area contributed by atoms with Crippen molar-refractivity contribution in [3.8, 4) is 0 Å². The third kappa shape index (κ3) is 1.66. The molecule has 0 radical (unpaired) electrons. The lowest BCUT2D eigenvalue weighted by Gasteiger charge is -2.01. The standard InChI is InChI=1S/C12H14BrN3/c1-7(14)11-6-16-5-9(8-2-3-8)4-10(13)12(16)15-11/h4-8H,2-3,14H2,1H3. The van der Waals surface area contributed by atoms with E-state index in [0.29, 0.717) is 0 Å². The van der Waals surface area contributed by atoms with E-state index in [1.54, 1.807) is 0 Å². The van der Waals surface area contributed by atoms with E-state index in [1.807, 2.05) is 13.1 Å². The van der Waals surface area contributed by atoms with Crippen molar-refractivity contribution >= 4 is 21.6 Å². The molecule has 0 aromatic carbocycles. The summed E-state index contributed by atoms with van der Waals surface area (Å²) in [6, 6.07) is 2.17. The Kier molecular flexibility index (Phi) is 2.30. The van der Waals surface area contributed by atoms with Gasteiger partial charge < -0.3 is 10.1 Å². The van der Waals surface area contributed by atoms with Crippen LogP contribution in [0.2, 0.25) is 0 Å². The predicted molar refractivity (Wildman–Crippen MR) is 67.5 cm³/mol. The molecule has 1 aliphatic carbocycles. The number of fused-ring (bicyclic) bond motifs is 1. The van der Waals surface area contributed by atoms with Gasteiger partial charge in [0.05, 0.1) is 10.2 Å². The van der Waals surface area contributed by atoms with Gasteiger partial charge in [-0.3, -0.25) is 0 Å². The first-order valence-corrected chi connectivity index (χ1v) is 6.38. The van der Waals surface area contributed by atoms with Crippen LogP contribution in [0.15, 0.2) is 22.9 Å². The molecule has 84 valence electrons. The first kappa shape index (κ1) is 10.3. The first-order chi connectivity index (χ1) is 7.65. The van der Waals surface area contributed by atoms with Crippen LogP contribution in [0.25, 0.3) is 5.65 Å². The molecule has 3 rings (SSSR count). The number of nitrogens with two attached hydrogens (primary N) is 1. The highest BCUT2D eigenvalue weighted by Crippen LogP contribution is 2.41. The molecule has 1 unspecified atom stereocenters. The minimum atomic E-state index is -0.0174. The Bertz CT molecular complexity index is 540. The number of halogens is 1. The SMILES string of the molecule is CC(N)c1cn2cc(C3CC3)cc(Br)c2n1. The predicted octanol–water partition coefficient (Wildman–Crippen LogP) is 2.99. The van der Waals surface area contributed by atoms with E-state index in [1.165, 1.54) is 18.4 Å². The van der Waals surface area contributed by atoms with Crippen molar-refractivity contribution < 1.29 is 0 Å². The van der Waals surface area contributed by atoms with Crippen LogP contribution in [0.1, 0.15) is 43.0 Å². The Morgan fingerprint density at radius 3 is 2.88 bits per heavy atom. The molecule has 2 heterocycles. The van der Waals surface area contributed by atoms with E-state index >= 15 is 0 Å². The third-order valence-corrected chi connectivity index (χ3v) is 3.64. The number of aromatic nitrogens is 2. The lowest BCUT2D eigenvalue weighted by molar-refractivity contribution is 0.790. The molecule has 0 amide bonds. The summed E-state index contributed by atoms with van der Waals surface area (Å²) in [6.07, 6.45) is 6.83. The lowest BCUT2D eigenvalue weighted by atomic mass is 10.2. The smallest absolute Gasteiger partial charge is 0.151 e. The lowest BCUT2D eigenvalue weighted by Crippen LogP contribution is -2.04. The minimum Gasteiger partial charge on any atom is -0.323 e. The molecule has 2 aromatic rings. The Labute approximate surface area is 103 Å². The normalized spacial score (nSPS) is 17.9. The van der Waals surface area contributed by atoms with Crippen LogP contribution in [0, 0.1) is 0 Å². The number of rotatable bonds is 2. The highest BCUT2D eigenvalue weighted by atomic mass is 79.9. The van der Waals surface area contributed by atoms with Crippen LogP contribution in [0.4, 0.5) is 0 Å². The summed E-state index contributed by atoms with van der Waals surface area (Å²) in [7, 11) is 0. The second kappa shape index (κ2) is 3.57. The Balaban J connectivity index is 2.17. The van der Waals surface area contributed by atoms with Crippen LogP contribution < -0.4 is 5.73 Å². The van der Waals surface area contributed by atoms with Crippen LogP contribution in [-0.4, -0.2) is 9.38 Å². The minimum absolute atomic E-state index is 0.0174. The largest absolute Gasteiger partial charge is 0.323 e. The van der Waals surface area contributed by atoms with Gasteiger partial charge in [-0.1, -0.05) is 0 Å². The molecule has 0 saturated heterocycles. The van der Waals surface area contributed by atoms with Crippen molar-refractivity contribution in [2.75, 3.05) is 0 Å². The number of hydrogen-bond acceptors (Lipinski definition) is 2. The van der Waals surface area contributed by atoms with E-state index in [4.69, 9.17) is 5.73 Å². The molecule has 0 aliphatic heterocycles. The van der Waals surface area contributed by atoms with Crippen molar-refractivity contribution in [2.24, 2.45) is 5.73 Å². The molecule has 0 bridgehead atoms. The average molecular weight is 280 g/mol. The van der Waals surface area contributed by atoms with Crippen LogP contribution >= 0.6 is 15.9 Å². The van der Waals surface area contributed by atoms with Gasteiger partial charge >= 0.3 is 0 Å². The second-order valence-electron chi connectivity index (χ2n) is 4.58. The topological polar surface area (TPSA) is 43.3 Å². The maximum Gasteiger partial charge on any atom is 0.151 e. The van der Waals surface area contributed by atoms with E-state index in [9.17, 15) is 0 Å². The monoisotopic (exact) mass is 279 g/mol. The summed E-state index contributed by atoms with van der Waals surface area (Å²) in [5, 5.41) is 0. The molecule has 1 saturated carbocycles. The van der Waals surface area contributed by atoms with Crippen LogP contribution in [-0.2, 0) is 0 Å². The van der Waals surface area contributed by atoms with Gasteiger partial charge in [-0.2, -0.15) is 0 Å². The number of pyridine rings is 1. The highest BCUT2D eigenvalue weighted by Gasteiger charge is 2.24. The second-order valence-corrected chi connectivity index (χ2v) is 5.44. The summed E-state index contributed by atoms with van der Waals surface area (Å²) in [5.74, 6) is 0.752. The van der Waals surface area contributed by atoms with Gasteiger partial charge in [0.1, 0.15) is 0 Å². The summed E-state index contributed by atoms with van der Waals surface area (Å²) < 4.78 is 3.14. The molecule has 1 aliphatic rings. The maximum absolute atomic E-state index is 5.85. The van der Waals surface area contributed by atoms with Gasteiger partial charge in [-0.15, -0.1) is 0 Å². The number of hydrogen-bond donors (Lipinski definition) is 1. The fraction of sp³-hybridized carbons (Fsp3) is 0.417. The van der Waals surface area contributed by atoms with E-state index in [-0.39, 0.29) is 6.04 Å². The molecule has 1 fully saturated rings. The van der Waals surface area contributed by atoms with Crippen molar-refractivity contribution in [3.63, 3.8) is 0 Å². The van der Waals surface area contributed by atoms with Crippen molar-refractivity contribution in [3.05, 3.63) is 34.2 Å². The first-order valence-electron chi connectivity index (χ1n) is 5.59. The molecule has 1 atom stereocenters. The zero-order chi connectivity index (χ0) is 11.3. The van der Waals surface area contributed by atoms with Crippen molar-refractivity contribution in [1.29, 1.82) is 0 Å². The Morgan fingerprint density at radius 1 is 1.50 bits per heavy atom. The molecule has 4 heteroatoms. The number of nitrogens with zero attached hydrogens (tertiary/aromatic N) is 2. The van der Waals surface area contributed by atoms with Gasteiger partial charge in [0.25, 0.3) is 0 Å². The van der Waals surface area contributed by atoms with Gasteiger partial charge in [0, 0.05) is 18.4 Å². The average Bonchev–Trinajstić information content (AvgIpc) is 2.97. The maximum atomic E-state index is 5.85. The Hall–Kier alpha value is -0.870. The van der Waals surface area contributed by atoms with Gasteiger partial charge in [-0.25, -0.2) is 4.98 Å². The summed E-state index contributed by atoms with van der Waals surface area (Å²) in [5.41, 5.74) is 9.14. The molecular weight excluding hydrogens is 266 g/mol. The van der Waals surface area contributed by atoms with Crippen molar-refractivity contribution in [1.82, 2.24) is 9.38 Å². The molecule has 2 aromatic heterocycles. The quantitative estimate of drug-likeness (QED) is 0.919. The van der Waals surface area contributed by atoms with Crippen LogP contribution in [0.3, 0.4) is 0 Å². The van der Waals surface area contributed by atoms with Gasteiger partial charge in [0.15, 0.2) is 5.65 Å². The van der Waals surface area contributed by atoms with E-state index < -0.39 is 0 Å². The van der Waals surface area contributed by atoms with Gasteiger partial charge in [0.2, 0.25) is 0 Å². The number of imidazole rings is 1. The third-order valence-electron chi connectivity index (χ3n) is 3.06. The molecular formula is C12H14BrN3. The summed E-state index contributed by atoms with van der Waals surface area (Å²) in [4.78, 5) is 4.52. The summed E-state index contributed by atoms with van der Waals surface area (Å²) in [6.45, 7) is 1.96. The van der Waals surface area contributed by atoms with Crippen LogP contribution in [0.5, 0.6) is 0 Å². The fourth-order valence-electron chi connectivity index (χ4n) is 1.96. The zero-order valence-electron chi connectivity index (χ0n) is 9.15. The highest BCUT2D eigenvalue weighted by molar-refractivity contribution is 9.10. The molecule has 0 spiro atoms. The molecule has 16 heavy (non-hydrogen) atoms. The molecule has 2 N–H and O–H groups in total. The van der Waals surface area contributed by atoms with Gasteiger partial charge in [-0.05, 0) is 53.2 Å².